The van der Waals surface area contributed by atoms with Crippen molar-refractivity contribution in [3.63, 3.8) is 0 Å². The Morgan fingerprint density at radius 3 is 2.53 bits per heavy atom. The van der Waals surface area contributed by atoms with Gasteiger partial charge < -0.3 is 11.1 Å². The molecule has 5 heteroatoms. The maximum atomic E-state index is 12.1. The number of anilines is 1. The molecule has 17 heavy (non-hydrogen) atoms. The number of benzene rings is 1. The monoisotopic (exact) mass is 254 g/mol. The zero-order chi connectivity index (χ0) is 13.0. The lowest BCUT2D eigenvalue weighted by Crippen LogP contribution is -2.39. The third-order valence-corrected chi connectivity index (χ3v) is 3.79. The van der Waals surface area contributed by atoms with Gasteiger partial charge in [-0.3, -0.25) is 9.00 Å². The summed E-state index contributed by atoms with van der Waals surface area (Å²) >= 11 is 0. The lowest BCUT2D eigenvalue weighted by Gasteiger charge is -2.14. The van der Waals surface area contributed by atoms with Gasteiger partial charge in [0, 0.05) is 16.6 Å². The molecule has 1 aromatic rings. The molecule has 3 N–H and O–H groups in total. The van der Waals surface area contributed by atoms with E-state index in [-0.39, 0.29) is 11.9 Å². The molecule has 4 nitrogen and oxygen atoms in total. The molecule has 2 atom stereocenters. The Balaban J connectivity index is 2.80. The van der Waals surface area contributed by atoms with Gasteiger partial charge in [-0.15, -0.1) is 0 Å². The van der Waals surface area contributed by atoms with E-state index in [4.69, 9.17) is 5.73 Å². The average Bonchev–Trinajstić information content (AvgIpc) is 2.26. The number of nitrogen functional groups attached to an aromatic ring is 1. The Bertz CT molecular complexity index is 432. The number of nitrogens with two attached hydrogens (primary N) is 1. The van der Waals surface area contributed by atoms with Crippen LogP contribution in [0.15, 0.2) is 29.2 Å². The van der Waals surface area contributed by atoms with Gasteiger partial charge in [-0.2, -0.15) is 0 Å². The summed E-state index contributed by atoms with van der Waals surface area (Å²) < 4.78 is 12.1. The number of carbonyl (C=O) groups excluding carboxylic acids is 1. The summed E-state index contributed by atoms with van der Waals surface area (Å²) in [6.45, 7) is 5.39. The first-order valence-electron chi connectivity index (χ1n) is 5.48. The number of hydrogen-bond donors (Lipinski definition) is 2. The number of amides is 1. The molecule has 0 fully saturated rings. The van der Waals surface area contributed by atoms with Crippen molar-refractivity contribution in [2.24, 2.45) is 0 Å². The number of nitrogens with one attached hydrogen (secondary N) is 1. The summed E-state index contributed by atoms with van der Waals surface area (Å²) in [4.78, 5) is 12.3. The van der Waals surface area contributed by atoms with Crippen LogP contribution < -0.4 is 11.1 Å². The Morgan fingerprint density at radius 2 is 2.00 bits per heavy atom. The minimum atomic E-state index is -1.38. The van der Waals surface area contributed by atoms with Crippen LogP contribution in [0.25, 0.3) is 0 Å². The van der Waals surface area contributed by atoms with E-state index >= 15 is 0 Å². The van der Waals surface area contributed by atoms with Crippen molar-refractivity contribution < 1.29 is 9.00 Å². The predicted octanol–water partition coefficient (Wildman–Crippen LogP) is 1.29. The van der Waals surface area contributed by atoms with Crippen LogP contribution in [-0.4, -0.2) is 21.4 Å². The van der Waals surface area contributed by atoms with E-state index in [1.165, 1.54) is 0 Å². The summed E-state index contributed by atoms with van der Waals surface area (Å²) in [6.07, 6.45) is 0. The van der Waals surface area contributed by atoms with Crippen molar-refractivity contribution >= 4 is 22.4 Å². The van der Waals surface area contributed by atoms with Gasteiger partial charge in [0.15, 0.2) is 0 Å². The van der Waals surface area contributed by atoms with Crippen LogP contribution in [0.1, 0.15) is 20.8 Å². The second-order valence-corrected chi connectivity index (χ2v) is 5.95. The van der Waals surface area contributed by atoms with Crippen molar-refractivity contribution in [3.05, 3.63) is 24.3 Å². The molecule has 1 aromatic carbocycles. The number of hydrogen-bond acceptors (Lipinski definition) is 3. The molecule has 0 aliphatic carbocycles. The molecule has 1 amide bonds. The molecule has 0 bridgehead atoms. The van der Waals surface area contributed by atoms with Gasteiger partial charge in [-0.25, -0.2) is 0 Å². The number of rotatable bonds is 4. The smallest absolute Gasteiger partial charge is 0.236 e. The third-order valence-electron chi connectivity index (χ3n) is 2.21. The van der Waals surface area contributed by atoms with Crippen molar-refractivity contribution in [3.8, 4) is 0 Å². The third kappa shape index (κ3) is 3.85. The standard InChI is InChI=1S/C12H18N2O2S/c1-8(2)14-12(15)9(3)17(16)11-6-4-5-10(13)7-11/h4-9H,13H2,1-3H3,(H,14,15). The summed E-state index contributed by atoms with van der Waals surface area (Å²) in [5, 5.41) is 2.16. The maximum Gasteiger partial charge on any atom is 0.236 e. The highest BCUT2D eigenvalue weighted by molar-refractivity contribution is 7.86. The first-order chi connectivity index (χ1) is 7.91. The van der Waals surface area contributed by atoms with Gasteiger partial charge in [0.05, 0.1) is 10.8 Å². The fraction of sp³-hybridized carbons (Fsp3) is 0.417. The molecule has 0 radical (unpaired) electrons. The van der Waals surface area contributed by atoms with Crippen molar-refractivity contribution in [1.29, 1.82) is 0 Å². The minimum Gasteiger partial charge on any atom is -0.399 e. The topological polar surface area (TPSA) is 72.2 Å². The molecule has 0 aliphatic heterocycles. The van der Waals surface area contributed by atoms with Gasteiger partial charge in [-0.05, 0) is 39.0 Å². The van der Waals surface area contributed by atoms with Crippen LogP contribution in [0.4, 0.5) is 5.69 Å². The van der Waals surface area contributed by atoms with E-state index in [1.54, 1.807) is 31.2 Å². The zero-order valence-corrected chi connectivity index (χ0v) is 11.1. The second kappa shape index (κ2) is 5.82. The molecule has 0 aromatic heterocycles. The van der Waals surface area contributed by atoms with Gasteiger partial charge in [0.2, 0.25) is 5.91 Å². The van der Waals surface area contributed by atoms with Crippen LogP contribution in [-0.2, 0) is 15.6 Å². The lowest BCUT2D eigenvalue weighted by atomic mass is 10.3. The summed E-state index contributed by atoms with van der Waals surface area (Å²) in [6, 6.07) is 6.85. The molecular formula is C12H18N2O2S. The van der Waals surface area contributed by atoms with Crippen molar-refractivity contribution in [2.45, 2.75) is 37.0 Å². The molecule has 0 aliphatic rings. The Labute approximate surface area is 104 Å². The van der Waals surface area contributed by atoms with Gasteiger partial charge in [0.25, 0.3) is 0 Å². The van der Waals surface area contributed by atoms with Crippen molar-refractivity contribution in [1.82, 2.24) is 5.32 Å². The molecule has 2 unspecified atom stereocenters. The molecule has 1 rings (SSSR count). The van der Waals surface area contributed by atoms with Crippen LogP contribution >= 0.6 is 0 Å². The summed E-state index contributed by atoms with van der Waals surface area (Å²) in [5.74, 6) is -0.208. The normalized spacial score (nSPS) is 14.4. The van der Waals surface area contributed by atoms with E-state index in [0.29, 0.717) is 10.6 Å². The largest absolute Gasteiger partial charge is 0.399 e. The molecule has 94 valence electrons. The Kier molecular flexibility index (Phi) is 4.69. The van der Waals surface area contributed by atoms with Crippen LogP contribution in [0, 0.1) is 0 Å². The maximum absolute atomic E-state index is 12.1. The van der Waals surface area contributed by atoms with Gasteiger partial charge in [-0.1, -0.05) is 6.07 Å². The second-order valence-electron chi connectivity index (χ2n) is 4.18. The first-order valence-corrected chi connectivity index (χ1v) is 6.69. The van der Waals surface area contributed by atoms with E-state index in [9.17, 15) is 9.00 Å². The highest BCUT2D eigenvalue weighted by Crippen LogP contribution is 2.14. The summed E-state index contributed by atoms with van der Waals surface area (Å²) in [5.41, 5.74) is 6.17. The first kappa shape index (κ1) is 13.7. The summed E-state index contributed by atoms with van der Waals surface area (Å²) in [7, 11) is -1.38. The SMILES string of the molecule is CC(C)NC(=O)C(C)S(=O)c1cccc(N)c1. The molecular weight excluding hydrogens is 236 g/mol. The van der Waals surface area contributed by atoms with Crippen LogP contribution in [0.2, 0.25) is 0 Å². The molecule has 0 saturated heterocycles. The van der Waals surface area contributed by atoms with Gasteiger partial charge in [0.1, 0.15) is 5.25 Å². The highest BCUT2D eigenvalue weighted by Gasteiger charge is 2.21. The quantitative estimate of drug-likeness (QED) is 0.795. The van der Waals surface area contributed by atoms with Crippen molar-refractivity contribution in [2.75, 3.05) is 5.73 Å². The number of carbonyl (C=O) groups is 1. The molecule has 0 saturated carbocycles. The van der Waals surface area contributed by atoms with E-state index in [1.807, 2.05) is 13.8 Å². The van der Waals surface area contributed by atoms with E-state index in [2.05, 4.69) is 5.32 Å². The van der Waals surface area contributed by atoms with Crippen LogP contribution in [0.5, 0.6) is 0 Å². The Hall–Kier alpha value is -1.36. The predicted molar refractivity (Wildman–Crippen MR) is 70.0 cm³/mol. The fourth-order valence-corrected chi connectivity index (χ4v) is 2.48. The lowest BCUT2D eigenvalue weighted by molar-refractivity contribution is -0.120. The molecule has 0 heterocycles. The fourth-order valence-electron chi connectivity index (χ4n) is 1.34. The van der Waals surface area contributed by atoms with E-state index < -0.39 is 16.0 Å². The van der Waals surface area contributed by atoms with Gasteiger partial charge >= 0.3 is 0 Å². The average molecular weight is 254 g/mol. The van der Waals surface area contributed by atoms with Crippen LogP contribution in [0.3, 0.4) is 0 Å². The Morgan fingerprint density at radius 1 is 1.35 bits per heavy atom. The molecule has 0 spiro atoms. The van der Waals surface area contributed by atoms with E-state index in [0.717, 1.165) is 0 Å². The zero-order valence-electron chi connectivity index (χ0n) is 10.3. The minimum absolute atomic E-state index is 0.0443. The highest BCUT2D eigenvalue weighted by atomic mass is 32.2.